The molecule has 5 heteroatoms. The molecule has 0 saturated heterocycles. The third kappa shape index (κ3) is 1.61. The van der Waals surface area contributed by atoms with Crippen LogP contribution < -0.4 is 4.74 Å². The maximum absolute atomic E-state index is 11.6. The first-order valence-electron chi connectivity index (χ1n) is 5.29. The summed E-state index contributed by atoms with van der Waals surface area (Å²) in [7, 11) is 1.49. The number of rotatable bonds is 3. The Balaban J connectivity index is 2.84. The maximum atomic E-state index is 11.6. The van der Waals surface area contributed by atoms with E-state index in [2.05, 4.69) is 11.3 Å². The highest BCUT2D eigenvalue weighted by Crippen LogP contribution is 2.40. The van der Waals surface area contributed by atoms with E-state index in [1.807, 2.05) is 0 Å². The zero-order valence-corrected chi connectivity index (χ0v) is 10.8. The molecule has 0 unspecified atom stereocenters. The molecule has 2 rings (SSSR count). The molecule has 1 aromatic rings. The van der Waals surface area contributed by atoms with Gasteiger partial charge in [0.15, 0.2) is 0 Å². The lowest BCUT2D eigenvalue weighted by atomic mass is 9.96. The van der Waals surface area contributed by atoms with Gasteiger partial charge < -0.3 is 9.47 Å². The minimum absolute atomic E-state index is 0.122. The number of esters is 2. The zero-order chi connectivity index (χ0) is 13.4. The van der Waals surface area contributed by atoms with Gasteiger partial charge in [0.25, 0.3) is 0 Å². The Labute approximate surface area is 109 Å². The summed E-state index contributed by atoms with van der Waals surface area (Å²) in [5.74, 6) is -0.904. The molecule has 0 amide bonds. The van der Waals surface area contributed by atoms with Gasteiger partial charge in [-0.1, -0.05) is 17.7 Å². The highest BCUT2D eigenvalue weighted by Gasteiger charge is 2.37. The predicted octanol–water partition coefficient (Wildman–Crippen LogP) is 2.70. The smallest absolute Gasteiger partial charge is 0.348 e. The van der Waals surface area contributed by atoms with Crippen LogP contribution >= 0.6 is 11.6 Å². The van der Waals surface area contributed by atoms with Crippen LogP contribution in [0.2, 0.25) is 5.02 Å². The molecule has 4 nitrogen and oxygen atoms in total. The van der Waals surface area contributed by atoms with Crippen molar-refractivity contribution in [1.82, 2.24) is 0 Å². The molecule has 0 aromatic heterocycles. The summed E-state index contributed by atoms with van der Waals surface area (Å²) in [6.07, 6.45) is 2.09. The van der Waals surface area contributed by atoms with Gasteiger partial charge >= 0.3 is 11.9 Å². The molecular weight excluding hydrogens is 256 g/mol. The van der Waals surface area contributed by atoms with Crippen molar-refractivity contribution >= 4 is 23.5 Å². The van der Waals surface area contributed by atoms with Crippen LogP contribution in [-0.2, 0) is 11.2 Å². The van der Waals surface area contributed by atoms with E-state index in [0.29, 0.717) is 23.3 Å². The monoisotopic (exact) mass is 266 g/mol. The molecule has 0 radical (unpaired) electrons. The second kappa shape index (κ2) is 4.46. The van der Waals surface area contributed by atoms with Crippen LogP contribution in [0.1, 0.15) is 31.8 Å². The lowest BCUT2D eigenvalue weighted by Crippen LogP contribution is -2.04. The fraction of sp³-hybridized carbons (Fsp3) is 0.231. The van der Waals surface area contributed by atoms with Crippen LogP contribution in [0.25, 0.3) is 0 Å². The van der Waals surface area contributed by atoms with E-state index in [1.54, 1.807) is 13.0 Å². The highest BCUT2D eigenvalue weighted by molar-refractivity contribution is 6.37. The highest BCUT2D eigenvalue weighted by atomic mass is 35.5. The van der Waals surface area contributed by atoms with Gasteiger partial charge in [0.1, 0.15) is 5.75 Å². The van der Waals surface area contributed by atoms with Crippen LogP contribution in [0.3, 0.4) is 0 Å². The number of halogens is 1. The van der Waals surface area contributed by atoms with Crippen LogP contribution in [0.5, 0.6) is 5.75 Å². The summed E-state index contributed by atoms with van der Waals surface area (Å²) >= 11 is 6.17. The summed E-state index contributed by atoms with van der Waals surface area (Å²) in [5.41, 5.74) is 1.51. The Morgan fingerprint density at radius 1 is 1.33 bits per heavy atom. The Morgan fingerprint density at radius 3 is 2.50 bits per heavy atom. The minimum Gasteiger partial charge on any atom is -0.496 e. The number of methoxy groups -OCH3 is 1. The molecule has 18 heavy (non-hydrogen) atoms. The quantitative estimate of drug-likeness (QED) is 0.479. The van der Waals surface area contributed by atoms with E-state index >= 15 is 0 Å². The molecule has 1 aliphatic rings. The summed E-state index contributed by atoms with van der Waals surface area (Å²) in [5, 5.41) is 0.197. The van der Waals surface area contributed by atoms with Gasteiger partial charge in [-0.3, -0.25) is 0 Å². The Morgan fingerprint density at radius 2 is 1.94 bits per heavy atom. The molecule has 0 bridgehead atoms. The number of hydrogen-bond donors (Lipinski definition) is 0. The summed E-state index contributed by atoms with van der Waals surface area (Å²) < 4.78 is 9.85. The Hall–Kier alpha value is -1.81. The largest absolute Gasteiger partial charge is 0.496 e. The fourth-order valence-electron chi connectivity index (χ4n) is 2.12. The van der Waals surface area contributed by atoms with Crippen LogP contribution in [0.15, 0.2) is 12.7 Å². The number of carbonyl (C=O) groups is 2. The normalized spacial score (nSPS) is 13.3. The van der Waals surface area contributed by atoms with Crippen LogP contribution in [0.4, 0.5) is 0 Å². The van der Waals surface area contributed by atoms with E-state index in [1.165, 1.54) is 7.11 Å². The van der Waals surface area contributed by atoms with E-state index < -0.39 is 11.9 Å². The Bertz CT molecular complexity index is 575. The number of ether oxygens (including phenoxy) is 2. The molecular formula is C13H11ClO4. The first kappa shape index (κ1) is 12.6. The van der Waals surface area contributed by atoms with Gasteiger partial charge in [0.05, 0.1) is 23.3 Å². The van der Waals surface area contributed by atoms with Gasteiger partial charge in [-0.15, -0.1) is 6.58 Å². The first-order valence-corrected chi connectivity index (χ1v) is 5.67. The average molecular weight is 267 g/mol. The average Bonchev–Trinajstić information content (AvgIpc) is 2.62. The molecule has 1 heterocycles. The summed E-state index contributed by atoms with van der Waals surface area (Å²) in [4.78, 5) is 23.2. The van der Waals surface area contributed by atoms with Crippen molar-refractivity contribution < 1.29 is 19.1 Å². The van der Waals surface area contributed by atoms with Gasteiger partial charge in [0, 0.05) is 11.1 Å². The van der Waals surface area contributed by atoms with Crippen molar-refractivity contribution in [3.8, 4) is 5.75 Å². The molecule has 0 spiro atoms. The third-order valence-corrected chi connectivity index (χ3v) is 3.29. The van der Waals surface area contributed by atoms with Gasteiger partial charge in [0.2, 0.25) is 0 Å². The van der Waals surface area contributed by atoms with Crippen molar-refractivity contribution in [3.63, 3.8) is 0 Å². The second-order valence-electron chi connectivity index (χ2n) is 3.87. The zero-order valence-electron chi connectivity index (χ0n) is 10.0. The van der Waals surface area contributed by atoms with E-state index in [0.717, 1.165) is 0 Å². The number of fused-ring (bicyclic) bond motifs is 1. The van der Waals surface area contributed by atoms with Crippen molar-refractivity contribution in [2.75, 3.05) is 7.11 Å². The molecule has 1 aromatic carbocycles. The topological polar surface area (TPSA) is 52.6 Å². The first-order chi connectivity index (χ1) is 8.52. The van der Waals surface area contributed by atoms with Gasteiger partial charge in [-0.25, -0.2) is 9.59 Å². The molecule has 0 atom stereocenters. The lowest BCUT2D eigenvalue weighted by molar-refractivity contribution is 0.0443. The van der Waals surface area contributed by atoms with E-state index in [-0.39, 0.29) is 16.1 Å². The molecule has 0 N–H and O–H groups in total. The van der Waals surface area contributed by atoms with Crippen molar-refractivity contribution in [3.05, 3.63) is 39.9 Å². The number of hydrogen-bond acceptors (Lipinski definition) is 4. The van der Waals surface area contributed by atoms with Crippen molar-refractivity contribution in [2.24, 2.45) is 0 Å². The maximum Gasteiger partial charge on any atom is 0.348 e. The number of carbonyl (C=O) groups excluding carboxylic acids is 2. The van der Waals surface area contributed by atoms with Crippen LogP contribution in [0, 0.1) is 6.92 Å². The predicted molar refractivity (Wildman–Crippen MR) is 66.4 cm³/mol. The molecule has 0 saturated carbocycles. The second-order valence-corrected chi connectivity index (χ2v) is 4.25. The van der Waals surface area contributed by atoms with Gasteiger partial charge in [-0.05, 0) is 13.3 Å². The standard InChI is InChI=1S/C13H11ClO4/c1-4-5-7-10(14)9-8(6(2)11(7)17-3)12(15)18-13(9)16/h4H,1,5H2,2-3H3. The van der Waals surface area contributed by atoms with Crippen molar-refractivity contribution in [1.29, 1.82) is 0 Å². The SMILES string of the molecule is C=CCc1c(Cl)c2c(c(C)c1OC)C(=O)OC2=O. The fourth-order valence-corrected chi connectivity index (χ4v) is 2.46. The molecule has 94 valence electrons. The summed E-state index contributed by atoms with van der Waals surface area (Å²) in [6.45, 7) is 5.33. The molecule has 0 aliphatic carbocycles. The molecule has 1 aliphatic heterocycles. The number of cyclic esters (lactones) is 2. The van der Waals surface area contributed by atoms with Crippen LogP contribution in [-0.4, -0.2) is 19.0 Å². The minimum atomic E-state index is -0.712. The lowest BCUT2D eigenvalue weighted by Gasteiger charge is -2.14. The third-order valence-electron chi connectivity index (χ3n) is 2.87. The summed E-state index contributed by atoms with van der Waals surface area (Å²) in [6, 6.07) is 0. The van der Waals surface area contributed by atoms with Crippen molar-refractivity contribution in [2.45, 2.75) is 13.3 Å². The number of benzene rings is 1. The van der Waals surface area contributed by atoms with Gasteiger partial charge in [-0.2, -0.15) is 0 Å². The Kier molecular flexibility index (Phi) is 3.13. The number of allylic oxidation sites excluding steroid dienone is 1. The van der Waals surface area contributed by atoms with E-state index in [9.17, 15) is 9.59 Å². The van der Waals surface area contributed by atoms with E-state index in [4.69, 9.17) is 16.3 Å². The molecule has 0 fully saturated rings.